The van der Waals surface area contributed by atoms with Crippen molar-refractivity contribution in [2.75, 3.05) is 6.54 Å². The number of benzene rings is 1. The SMILES string of the molecule is CCNC(=O)c1ccc(OC(=O)C2(C)CC2(Cl)Cl)cc1. The van der Waals surface area contributed by atoms with Crippen LogP contribution in [0.1, 0.15) is 30.6 Å². The van der Waals surface area contributed by atoms with E-state index in [9.17, 15) is 9.59 Å². The molecule has 1 aromatic rings. The zero-order valence-corrected chi connectivity index (χ0v) is 12.7. The van der Waals surface area contributed by atoms with Crippen molar-refractivity contribution in [3.63, 3.8) is 0 Å². The third kappa shape index (κ3) is 2.76. The molecular formula is C14H15Cl2NO3. The van der Waals surface area contributed by atoms with Crippen LogP contribution in [0.15, 0.2) is 24.3 Å². The molecule has 4 nitrogen and oxygen atoms in total. The van der Waals surface area contributed by atoms with Crippen molar-refractivity contribution in [3.8, 4) is 5.75 Å². The lowest BCUT2D eigenvalue weighted by Gasteiger charge is -2.11. The molecule has 1 amide bonds. The average molecular weight is 316 g/mol. The normalized spacial score (nSPS) is 23.0. The second kappa shape index (κ2) is 5.26. The Balaban J connectivity index is 2.01. The largest absolute Gasteiger partial charge is 0.426 e. The van der Waals surface area contributed by atoms with Gasteiger partial charge in [0, 0.05) is 18.5 Å². The predicted octanol–water partition coefficient (Wildman–Crippen LogP) is 2.93. The van der Waals surface area contributed by atoms with Crippen LogP contribution < -0.4 is 10.1 Å². The van der Waals surface area contributed by atoms with E-state index in [1.807, 2.05) is 6.92 Å². The van der Waals surface area contributed by atoms with E-state index < -0.39 is 15.7 Å². The van der Waals surface area contributed by atoms with Gasteiger partial charge in [0.05, 0.1) is 0 Å². The third-order valence-corrected chi connectivity index (χ3v) is 4.47. The van der Waals surface area contributed by atoms with Crippen molar-refractivity contribution in [1.29, 1.82) is 0 Å². The molecule has 0 radical (unpaired) electrons. The molecular weight excluding hydrogens is 301 g/mol. The molecule has 1 atom stereocenters. The summed E-state index contributed by atoms with van der Waals surface area (Å²) in [6.07, 6.45) is 0.374. The van der Waals surface area contributed by atoms with Gasteiger partial charge >= 0.3 is 5.97 Å². The molecule has 2 rings (SSSR count). The summed E-state index contributed by atoms with van der Waals surface area (Å²) in [6, 6.07) is 6.33. The Hall–Kier alpha value is -1.26. The van der Waals surface area contributed by atoms with E-state index >= 15 is 0 Å². The van der Waals surface area contributed by atoms with E-state index in [1.54, 1.807) is 31.2 Å². The lowest BCUT2D eigenvalue weighted by atomic mass is 10.1. The number of amides is 1. The van der Waals surface area contributed by atoms with Gasteiger partial charge in [0.25, 0.3) is 5.91 Å². The lowest BCUT2D eigenvalue weighted by Crippen LogP contribution is -2.24. The number of hydrogen-bond acceptors (Lipinski definition) is 3. The van der Waals surface area contributed by atoms with Crippen LogP contribution in [0, 0.1) is 5.41 Å². The zero-order valence-electron chi connectivity index (χ0n) is 11.2. The van der Waals surface area contributed by atoms with Crippen LogP contribution in [-0.4, -0.2) is 22.8 Å². The standard InChI is InChI=1S/C14H15Cl2NO3/c1-3-17-11(18)9-4-6-10(7-5-9)20-12(19)13(2)8-14(13,15)16/h4-7H,3,8H2,1-2H3,(H,17,18). The third-order valence-electron chi connectivity index (χ3n) is 3.37. The summed E-state index contributed by atoms with van der Waals surface area (Å²) in [6.45, 7) is 4.06. The van der Waals surface area contributed by atoms with Crippen molar-refractivity contribution < 1.29 is 14.3 Å². The molecule has 0 bridgehead atoms. The van der Waals surface area contributed by atoms with Gasteiger partial charge in [-0.25, -0.2) is 0 Å². The summed E-state index contributed by atoms with van der Waals surface area (Å²) in [7, 11) is 0. The molecule has 1 aliphatic carbocycles. The van der Waals surface area contributed by atoms with Crippen molar-refractivity contribution in [2.45, 2.75) is 24.6 Å². The van der Waals surface area contributed by atoms with E-state index in [-0.39, 0.29) is 5.91 Å². The maximum Gasteiger partial charge on any atom is 0.320 e. The van der Waals surface area contributed by atoms with Crippen molar-refractivity contribution >= 4 is 35.1 Å². The summed E-state index contributed by atoms with van der Waals surface area (Å²) < 4.78 is 4.18. The average Bonchev–Trinajstić information content (AvgIpc) is 2.91. The first-order chi connectivity index (χ1) is 9.30. The van der Waals surface area contributed by atoms with Crippen LogP contribution in [0.2, 0.25) is 0 Å². The highest BCUT2D eigenvalue weighted by molar-refractivity contribution is 6.53. The minimum Gasteiger partial charge on any atom is -0.426 e. The van der Waals surface area contributed by atoms with Gasteiger partial charge in [-0.1, -0.05) is 0 Å². The molecule has 0 heterocycles. The molecule has 0 aromatic heterocycles. The molecule has 0 saturated heterocycles. The summed E-state index contributed by atoms with van der Waals surface area (Å²) in [4.78, 5) is 23.5. The van der Waals surface area contributed by atoms with Crippen LogP contribution in [0.4, 0.5) is 0 Å². The van der Waals surface area contributed by atoms with Gasteiger partial charge in [-0.3, -0.25) is 9.59 Å². The van der Waals surface area contributed by atoms with Crippen LogP contribution in [0.5, 0.6) is 5.75 Å². The molecule has 0 spiro atoms. The molecule has 1 unspecified atom stereocenters. The van der Waals surface area contributed by atoms with Crippen molar-refractivity contribution in [2.24, 2.45) is 5.41 Å². The first-order valence-corrected chi connectivity index (χ1v) is 7.04. The minimum atomic E-state index is -1.05. The second-order valence-electron chi connectivity index (χ2n) is 4.99. The first-order valence-electron chi connectivity index (χ1n) is 6.28. The highest BCUT2D eigenvalue weighted by Crippen LogP contribution is 2.64. The number of rotatable bonds is 4. The zero-order chi connectivity index (χ0) is 15.0. The Morgan fingerprint density at radius 1 is 1.30 bits per heavy atom. The first kappa shape index (κ1) is 15.1. The number of hydrogen-bond donors (Lipinski definition) is 1. The molecule has 1 aliphatic rings. The van der Waals surface area contributed by atoms with Gasteiger partial charge in [-0.2, -0.15) is 0 Å². The quantitative estimate of drug-likeness (QED) is 0.528. The van der Waals surface area contributed by atoms with Crippen LogP contribution in [0.3, 0.4) is 0 Å². The smallest absolute Gasteiger partial charge is 0.320 e. The number of nitrogens with one attached hydrogen (secondary N) is 1. The Kier molecular flexibility index (Phi) is 3.98. The Labute approximate surface area is 127 Å². The van der Waals surface area contributed by atoms with Crippen LogP contribution >= 0.6 is 23.2 Å². The fraction of sp³-hybridized carbons (Fsp3) is 0.429. The topological polar surface area (TPSA) is 55.4 Å². The maximum atomic E-state index is 12.0. The Morgan fingerprint density at radius 2 is 1.85 bits per heavy atom. The number of carbonyl (C=O) groups excluding carboxylic acids is 2. The fourth-order valence-electron chi connectivity index (χ4n) is 1.78. The molecule has 1 saturated carbocycles. The van der Waals surface area contributed by atoms with Crippen molar-refractivity contribution in [3.05, 3.63) is 29.8 Å². The molecule has 20 heavy (non-hydrogen) atoms. The molecule has 1 aromatic carbocycles. The van der Waals surface area contributed by atoms with Gasteiger partial charge in [0.1, 0.15) is 15.5 Å². The van der Waals surface area contributed by atoms with E-state index in [0.29, 0.717) is 24.3 Å². The minimum absolute atomic E-state index is 0.167. The maximum absolute atomic E-state index is 12.0. The van der Waals surface area contributed by atoms with E-state index in [1.165, 1.54) is 0 Å². The molecule has 1 N–H and O–H groups in total. The van der Waals surface area contributed by atoms with E-state index in [0.717, 1.165) is 0 Å². The lowest BCUT2D eigenvalue weighted by molar-refractivity contribution is -0.139. The fourth-order valence-corrected chi connectivity index (χ4v) is 2.47. The summed E-state index contributed by atoms with van der Waals surface area (Å²) in [5.74, 6) is -0.270. The van der Waals surface area contributed by atoms with Crippen molar-refractivity contribution in [1.82, 2.24) is 5.32 Å². The molecule has 6 heteroatoms. The molecule has 1 fully saturated rings. The number of esters is 1. The number of carbonyl (C=O) groups is 2. The van der Waals surface area contributed by atoms with Gasteiger partial charge in [0.2, 0.25) is 0 Å². The Bertz CT molecular complexity index is 542. The van der Waals surface area contributed by atoms with Gasteiger partial charge in [0.15, 0.2) is 0 Å². The Morgan fingerprint density at radius 3 is 2.30 bits per heavy atom. The summed E-state index contributed by atoms with van der Waals surface area (Å²) in [5, 5.41) is 2.69. The predicted molar refractivity (Wildman–Crippen MR) is 77.2 cm³/mol. The second-order valence-corrected chi connectivity index (χ2v) is 6.47. The number of alkyl halides is 2. The molecule has 108 valence electrons. The van der Waals surface area contributed by atoms with Gasteiger partial charge in [-0.15, -0.1) is 23.2 Å². The number of halogens is 2. The monoisotopic (exact) mass is 315 g/mol. The summed E-state index contributed by atoms with van der Waals surface area (Å²) >= 11 is 11.8. The van der Waals surface area contributed by atoms with Gasteiger partial charge < -0.3 is 10.1 Å². The number of ether oxygens (including phenoxy) is 1. The van der Waals surface area contributed by atoms with Crippen LogP contribution in [-0.2, 0) is 4.79 Å². The molecule has 0 aliphatic heterocycles. The van der Waals surface area contributed by atoms with E-state index in [4.69, 9.17) is 27.9 Å². The summed E-state index contributed by atoms with van der Waals surface area (Å²) in [5.41, 5.74) is -0.359. The van der Waals surface area contributed by atoms with Crippen LogP contribution in [0.25, 0.3) is 0 Å². The highest BCUT2D eigenvalue weighted by atomic mass is 35.5. The highest BCUT2D eigenvalue weighted by Gasteiger charge is 2.69. The van der Waals surface area contributed by atoms with Gasteiger partial charge in [-0.05, 0) is 38.1 Å². The van der Waals surface area contributed by atoms with E-state index in [2.05, 4.69) is 5.32 Å².